The molecule has 1 heterocycles. The number of piperazine rings is 1. The molecule has 100 valence electrons. The summed E-state index contributed by atoms with van der Waals surface area (Å²) in [5, 5.41) is 3.70. The van der Waals surface area contributed by atoms with Crippen LogP contribution in [0.2, 0.25) is 6.55 Å². The molecule has 1 aliphatic heterocycles. The summed E-state index contributed by atoms with van der Waals surface area (Å²) >= 11 is 0. The van der Waals surface area contributed by atoms with E-state index in [9.17, 15) is 4.79 Å². The van der Waals surface area contributed by atoms with Gasteiger partial charge in [0.15, 0.2) is 0 Å². The minimum atomic E-state index is -0.415. The van der Waals surface area contributed by atoms with Crippen molar-refractivity contribution in [3.8, 4) is 0 Å². The molecule has 5 heteroatoms. The van der Waals surface area contributed by atoms with Gasteiger partial charge in [-0.3, -0.25) is 0 Å². The van der Waals surface area contributed by atoms with Crippen molar-refractivity contribution in [3.05, 3.63) is 0 Å². The molecule has 0 bridgehead atoms. The highest BCUT2D eigenvalue weighted by molar-refractivity contribution is 6.38. The molecule has 1 amide bonds. The second-order valence-electron chi connectivity index (χ2n) is 6.25. The second kappa shape index (κ2) is 4.98. The second-order valence-corrected chi connectivity index (χ2v) is 8.52. The van der Waals surface area contributed by atoms with E-state index in [1.54, 1.807) is 0 Å². The van der Waals surface area contributed by atoms with Crippen LogP contribution in [-0.4, -0.2) is 50.4 Å². The minimum Gasteiger partial charge on any atom is -0.444 e. The topological polar surface area (TPSA) is 41.6 Å². The predicted octanol–water partition coefficient (Wildman–Crippen LogP) is 1.15. The van der Waals surface area contributed by atoms with Crippen molar-refractivity contribution in [2.75, 3.05) is 13.1 Å². The summed E-state index contributed by atoms with van der Waals surface area (Å²) in [5.74, 6) is 0. The van der Waals surface area contributed by atoms with Gasteiger partial charge in [0.05, 0.1) is 0 Å². The molecule has 0 saturated carbocycles. The lowest BCUT2D eigenvalue weighted by Gasteiger charge is -2.44. The molecule has 0 spiro atoms. The van der Waals surface area contributed by atoms with E-state index in [4.69, 9.17) is 4.74 Å². The lowest BCUT2D eigenvalue weighted by atomic mass is 10.1. The summed E-state index contributed by atoms with van der Waals surface area (Å²) in [6, 6.07) is 0.207. The maximum Gasteiger partial charge on any atom is 0.410 e. The Morgan fingerprint density at radius 2 is 2.12 bits per heavy atom. The van der Waals surface area contributed by atoms with Crippen LogP contribution in [0.3, 0.4) is 0 Å². The molecule has 1 rings (SSSR count). The standard InChI is InChI=1S/C12H26N2O2Si/c1-9-7-13-12(5,17-6)8-14(9)10(15)16-11(2,3)4/h9,13H,7-8,17H2,1-6H3/t9-,12+/m1/s1. The number of amides is 1. The van der Waals surface area contributed by atoms with Gasteiger partial charge in [-0.1, -0.05) is 6.55 Å². The summed E-state index contributed by atoms with van der Waals surface area (Å²) in [4.78, 5) is 14.0. The van der Waals surface area contributed by atoms with Crippen LogP contribution in [0.15, 0.2) is 0 Å². The van der Waals surface area contributed by atoms with E-state index < -0.39 is 5.60 Å². The Hall–Kier alpha value is -0.553. The Bertz CT molecular complexity index is 291. The van der Waals surface area contributed by atoms with Gasteiger partial charge in [0.2, 0.25) is 0 Å². The van der Waals surface area contributed by atoms with Crippen LogP contribution in [0.25, 0.3) is 0 Å². The summed E-state index contributed by atoms with van der Waals surface area (Å²) in [7, 11) is -0.217. The molecule has 1 fully saturated rings. The van der Waals surface area contributed by atoms with Crippen molar-refractivity contribution in [2.45, 2.75) is 58.0 Å². The monoisotopic (exact) mass is 258 g/mol. The molecule has 0 aliphatic carbocycles. The van der Waals surface area contributed by atoms with Crippen LogP contribution in [0.5, 0.6) is 0 Å². The number of rotatable bonds is 1. The average Bonchev–Trinajstić information content (AvgIpc) is 2.19. The molecule has 1 saturated heterocycles. The van der Waals surface area contributed by atoms with E-state index in [1.165, 1.54) is 0 Å². The first kappa shape index (κ1) is 14.5. The first-order valence-corrected chi connectivity index (χ1v) is 8.54. The van der Waals surface area contributed by atoms with Crippen molar-refractivity contribution < 1.29 is 9.53 Å². The van der Waals surface area contributed by atoms with Gasteiger partial charge in [0.1, 0.15) is 5.60 Å². The summed E-state index contributed by atoms with van der Waals surface area (Å²) < 4.78 is 5.46. The van der Waals surface area contributed by atoms with Crippen LogP contribution >= 0.6 is 0 Å². The molecule has 0 aromatic carbocycles. The molecule has 0 unspecified atom stereocenters. The van der Waals surface area contributed by atoms with E-state index in [0.717, 1.165) is 13.1 Å². The number of hydrogen-bond donors (Lipinski definition) is 1. The molecule has 0 radical (unpaired) electrons. The van der Waals surface area contributed by atoms with Crippen molar-refractivity contribution in [1.82, 2.24) is 10.2 Å². The SMILES string of the molecule is C[SiH2][C@@]1(C)CN(C(=O)OC(C)(C)C)[C@H](C)CN1. The van der Waals surface area contributed by atoms with Gasteiger partial charge in [-0.2, -0.15) is 0 Å². The number of hydrogen-bond acceptors (Lipinski definition) is 3. The van der Waals surface area contributed by atoms with E-state index in [2.05, 4.69) is 25.7 Å². The smallest absolute Gasteiger partial charge is 0.410 e. The Labute approximate surface area is 107 Å². The average molecular weight is 258 g/mol. The van der Waals surface area contributed by atoms with Crippen molar-refractivity contribution in [3.63, 3.8) is 0 Å². The molecule has 17 heavy (non-hydrogen) atoms. The van der Waals surface area contributed by atoms with Crippen LogP contribution in [0, 0.1) is 0 Å². The van der Waals surface area contributed by atoms with E-state index in [1.807, 2.05) is 25.7 Å². The van der Waals surface area contributed by atoms with Crippen LogP contribution in [-0.2, 0) is 4.74 Å². The number of carbonyl (C=O) groups excluding carboxylic acids is 1. The zero-order valence-corrected chi connectivity index (χ0v) is 13.4. The predicted molar refractivity (Wildman–Crippen MR) is 73.2 cm³/mol. The third-order valence-electron chi connectivity index (χ3n) is 3.28. The fourth-order valence-electron chi connectivity index (χ4n) is 1.89. The van der Waals surface area contributed by atoms with E-state index >= 15 is 0 Å². The first-order chi connectivity index (χ1) is 7.67. The molecule has 1 N–H and O–H groups in total. The molecular formula is C12H26N2O2Si. The zero-order valence-electron chi connectivity index (χ0n) is 12.0. The number of carbonyl (C=O) groups is 1. The van der Waals surface area contributed by atoms with Crippen molar-refractivity contribution in [2.24, 2.45) is 0 Å². The number of ether oxygens (including phenoxy) is 1. The highest BCUT2D eigenvalue weighted by Crippen LogP contribution is 2.18. The largest absolute Gasteiger partial charge is 0.444 e. The van der Waals surface area contributed by atoms with Crippen molar-refractivity contribution >= 4 is 15.6 Å². The Balaban J connectivity index is 2.70. The third-order valence-corrected chi connectivity index (χ3v) is 5.32. The fraction of sp³-hybridized carbons (Fsp3) is 0.917. The summed E-state index contributed by atoms with van der Waals surface area (Å²) in [5.41, 5.74) is -0.415. The van der Waals surface area contributed by atoms with Crippen LogP contribution in [0.1, 0.15) is 34.6 Å². The molecular weight excluding hydrogens is 232 g/mol. The highest BCUT2D eigenvalue weighted by Gasteiger charge is 2.36. The van der Waals surface area contributed by atoms with Gasteiger partial charge in [-0.15, -0.1) is 0 Å². The molecule has 0 aromatic heterocycles. The van der Waals surface area contributed by atoms with Gasteiger partial charge in [-0.05, 0) is 34.6 Å². The number of nitrogens with zero attached hydrogens (tertiary/aromatic N) is 1. The lowest BCUT2D eigenvalue weighted by Crippen LogP contribution is -2.65. The molecule has 2 atom stereocenters. The van der Waals surface area contributed by atoms with Crippen LogP contribution in [0.4, 0.5) is 4.79 Å². The van der Waals surface area contributed by atoms with Crippen molar-refractivity contribution in [1.29, 1.82) is 0 Å². The van der Waals surface area contributed by atoms with Gasteiger partial charge < -0.3 is 15.0 Å². The Kier molecular flexibility index (Phi) is 4.25. The Morgan fingerprint density at radius 1 is 1.53 bits per heavy atom. The summed E-state index contributed by atoms with van der Waals surface area (Å²) in [6.45, 7) is 13.9. The minimum absolute atomic E-state index is 0.142. The highest BCUT2D eigenvalue weighted by atomic mass is 28.2. The number of nitrogens with one attached hydrogen (secondary N) is 1. The lowest BCUT2D eigenvalue weighted by molar-refractivity contribution is 0.00789. The quantitative estimate of drug-likeness (QED) is 0.717. The van der Waals surface area contributed by atoms with Gasteiger partial charge in [-0.25, -0.2) is 4.79 Å². The van der Waals surface area contributed by atoms with Gasteiger partial charge >= 0.3 is 6.09 Å². The fourth-order valence-corrected chi connectivity index (χ4v) is 2.75. The normalized spacial score (nSPS) is 30.9. The van der Waals surface area contributed by atoms with E-state index in [-0.39, 0.29) is 26.8 Å². The van der Waals surface area contributed by atoms with E-state index in [0.29, 0.717) is 0 Å². The third kappa shape index (κ3) is 3.99. The zero-order chi connectivity index (χ0) is 13.3. The molecule has 0 aromatic rings. The maximum atomic E-state index is 12.1. The van der Waals surface area contributed by atoms with Gasteiger partial charge in [0.25, 0.3) is 0 Å². The van der Waals surface area contributed by atoms with Gasteiger partial charge in [0, 0.05) is 33.8 Å². The first-order valence-electron chi connectivity index (χ1n) is 6.41. The molecule has 4 nitrogen and oxygen atoms in total. The Morgan fingerprint density at radius 3 is 2.59 bits per heavy atom. The summed E-state index contributed by atoms with van der Waals surface area (Å²) in [6.07, 6.45) is -0.180. The maximum absolute atomic E-state index is 12.1. The van der Waals surface area contributed by atoms with Crippen LogP contribution < -0.4 is 5.32 Å². The molecule has 1 aliphatic rings.